The molecular weight excluding hydrogens is 267 g/mol. The lowest BCUT2D eigenvalue weighted by atomic mass is 10.0. The molecule has 0 bridgehead atoms. The van der Waals surface area contributed by atoms with Crippen LogP contribution in [-0.4, -0.2) is 19.0 Å². The average Bonchev–Trinajstić information content (AvgIpc) is 2.89. The Hall–Kier alpha value is -1.86. The largest absolute Gasteiger partial charge is 0.352 e. The average molecular weight is 288 g/mol. The lowest BCUT2D eigenvalue weighted by Crippen LogP contribution is -2.29. The molecule has 1 amide bonds. The second-order valence-corrected chi connectivity index (χ2v) is 5.69. The highest BCUT2D eigenvalue weighted by Crippen LogP contribution is 2.29. The predicted octanol–water partition coefficient (Wildman–Crippen LogP) is 2.30. The summed E-state index contributed by atoms with van der Waals surface area (Å²) in [5, 5.41) is 2.90. The number of benzene rings is 1. The van der Waals surface area contributed by atoms with Gasteiger partial charge in [0.25, 0.3) is 5.91 Å². The van der Waals surface area contributed by atoms with Crippen molar-refractivity contribution in [3.8, 4) is 11.8 Å². The van der Waals surface area contributed by atoms with Crippen LogP contribution in [0.5, 0.6) is 0 Å². The molecule has 3 nitrogen and oxygen atoms in total. The van der Waals surface area contributed by atoms with Gasteiger partial charge in [-0.25, -0.2) is 4.39 Å². The minimum Gasteiger partial charge on any atom is -0.352 e. The molecule has 1 aromatic rings. The van der Waals surface area contributed by atoms with Gasteiger partial charge in [-0.3, -0.25) is 4.79 Å². The summed E-state index contributed by atoms with van der Waals surface area (Å²) < 4.78 is 13.4. The van der Waals surface area contributed by atoms with E-state index < -0.39 is 5.82 Å². The number of halogens is 1. The molecule has 0 aliphatic heterocycles. The first kappa shape index (κ1) is 15.5. The van der Waals surface area contributed by atoms with Gasteiger partial charge in [0.2, 0.25) is 0 Å². The van der Waals surface area contributed by atoms with Gasteiger partial charge in [-0.1, -0.05) is 25.2 Å². The fourth-order valence-electron chi connectivity index (χ4n) is 2.80. The zero-order valence-electron chi connectivity index (χ0n) is 12.3. The summed E-state index contributed by atoms with van der Waals surface area (Å²) >= 11 is 0. The van der Waals surface area contributed by atoms with E-state index in [0.717, 1.165) is 18.8 Å². The van der Waals surface area contributed by atoms with Crippen molar-refractivity contribution in [2.75, 3.05) is 13.1 Å². The molecule has 3 N–H and O–H groups in total. The molecule has 1 aliphatic rings. The first-order valence-corrected chi connectivity index (χ1v) is 7.37. The Morgan fingerprint density at radius 1 is 1.48 bits per heavy atom. The Balaban J connectivity index is 2.05. The predicted molar refractivity (Wildman–Crippen MR) is 81.2 cm³/mol. The molecule has 1 fully saturated rings. The van der Waals surface area contributed by atoms with Crippen LogP contribution in [0.25, 0.3) is 0 Å². The van der Waals surface area contributed by atoms with Crippen molar-refractivity contribution in [3.05, 3.63) is 35.1 Å². The Morgan fingerprint density at radius 2 is 2.29 bits per heavy atom. The molecule has 0 radical (unpaired) electrons. The van der Waals surface area contributed by atoms with E-state index in [9.17, 15) is 9.18 Å². The Bertz CT molecular complexity index is 574. The molecule has 1 saturated carbocycles. The van der Waals surface area contributed by atoms with Crippen LogP contribution in [0.3, 0.4) is 0 Å². The van der Waals surface area contributed by atoms with Gasteiger partial charge >= 0.3 is 0 Å². The smallest absolute Gasteiger partial charge is 0.252 e. The van der Waals surface area contributed by atoms with Gasteiger partial charge < -0.3 is 11.1 Å². The van der Waals surface area contributed by atoms with E-state index in [0.29, 0.717) is 18.0 Å². The van der Waals surface area contributed by atoms with Gasteiger partial charge in [0.1, 0.15) is 5.82 Å². The third-order valence-electron chi connectivity index (χ3n) is 3.91. The van der Waals surface area contributed by atoms with Crippen LogP contribution in [0, 0.1) is 29.5 Å². The Morgan fingerprint density at radius 3 is 2.95 bits per heavy atom. The van der Waals surface area contributed by atoms with Gasteiger partial charge in [-0.2, -0.15) is 0 Å². The third kappa shape index (κ3) is 4.30. The number of carbonyl (C=O) groups excluding carboxylic acids is 1. The zero-order valence-corrected chi connectivity index (χ0v) is 12.3. The van der Waals surface area contributed by atoms with E-state index in [1.54, 1.807) is 0 Å². The van der Waals surface area contributed by atoms with Crippen LogP contribution < -0.4 is 11.1 Å². The number of rotatable bonds is 3. The summed E-state index contributed by atoms with van der Waals surface area (Å²) in [6, 6.07) is 4.05. The van der Waals surface area contributed by atoms with Crippen LogP contribution in [0.2, 0.25) is 0 Å². The highest BCUT2D eigenvalue weighted by atomic mass is 19.1. The first-order valence-electron chi connectivity index (χ1n) is 7.37. The SMILES string of the molecule is CC1CCC(CNC(=O)c2cc(F)ccc2C#CCN)C1. The quantitative estimate of drug-likeness (QED) is 0.839. The van der Waals surface area contributed by atoms with Crippen LogP contribution in [0.15, 0.2) is 18.2 Å². The molecule has 0 spiro atoms. The van der Waals surface area contributed by atoms with Crippen molar-refractivity contribution in [2.45, 2.75) is 26.2 Å². The standard InChI is InChI=1S/C17H21FN2O/c1-12-4-5-13(9-12)11-20-17(21)16-10-15(18)7-6-14(16)3-2-8-19/h6-7,10,12-13H,4-5,8-9,11,19H2,1H3,(H,20,21). The topological polar surface area (TPSA) is 55.1 Å². The molecule has 21 heavy (non-hydrogen) atoms. The fraction of sp³-hybridized carbons (Fsp3) is 0.471. The molecule has 112 valence electrons. The van der Waals surface area contributed by atoms with Gasteiger partial charge in [0, 0.05) is 12.1 Å². The van der Waals surface area contributed by atoms with E-state index in [4.69, 9.17) is 5.73 Å². The number of amides is 1. The zero-order chi connectivity index (χ0) is 15.2. The van der Waals surface area contributed by atoms with Gasteiger partial charge in [0.15, 0.2) is 0 Å². The molecule has 0 heterocycles. The van der Waals surface area contributed by atoms with Crippen LogP contribution >= 0.6 is 0 Å². The molecule has 2 atom stereocenters. The van der Waals surface area contributed by atoms with Crippen LogP contribution in [-0.2, 0) is 0 Å². The second kappa shape index (κ2) is 7.24. The molecule has 1 aliphatic carbocycles. The number of nitrogens with one attached hydrogen (secondary N) is 1. The number of hydrogen-bond donors (Lipinski definition) is 2. The lowest BCUT2D eigenvalue weighted by Gasteiger charge is -2.12. The van der Waals surface area contributed by atoms with Crippen molar-refractivity contribution in [1.29, 1.82) is 0 Å². The summed E-state index contributed by atoms with van der Waals surface area (Å²) in [5.74, 6) is 6.06. The van der Waals surface area contributed by atoms with Crippen molar-refractivity contribution < 1.29 is 9.18 Å². The van der Waals surface area contributed by atoms with Crippen LogP contribution in [0.1, 0.15) is 42.1 Å². The second-order valence-electron chi connectivity index (χ2n) is 5.69. The molecule has 0 saturated heterocycles. The van der Waals surface area contributed by atoms with E-state index in [1.807, 2.05) is 0 Å². The maximum Gasteiger partial charge on any atom is 0.252 e. The van der Waals surface area contributed by atoms with Gasteiger partial charge in [0.05, 0.1) is 12.1 Å². The lowest BCUT2D eigenvalue weighted by molar-refractivity contribution is 0.0946. The minimum absolute atomic E-state index is 0.207. The van der Waals surface area contributed by atoms with Crippen molar-refractivity contribution in [1.82, 2.24) is 5.32 Å². The van der Waals surface area contributed by atoms with Crippen molar-refractivity contribution >= 4 is 5.91 Å². The van der Waals surface area contributed by atoms with E-state index in [2.05, 4.69) is 24.1 Å². The highest BCUT2D eigenvalue weighted by Gasteiger charge is 2.22. The molecular formula is C17H21FN2O. The van der Waals surface area contributed by atoms with E-state index >= 15 is 0 Å². The number of nitrogens with two attached hydrogens (primary N) is 1. The van der Waals surface area contributed by atoms with Crippen molar-refractivity contribution in [3.63, 3.8) is 0 Å². The summed E-state index contributed by atoms with van der Waals surface area (Å²) in [6.45, 7) is 3.08. The highest BCUT2D eigenvalue weighted by molar-refractivity contribution is 5.96. The third-order valence-corrected chi connectivity index (χ3v) is 3.91. The monoisotopic (exact) mass is 288 g/mol. The van der Waals surface area contributed by atoms with Crippen LogP contribution in [0.4, 0.5) is 4.39 Å². The minimum atomic E-state index is -0.437. The maximum absolute atomic E-state index is 13.4. The molecule has 4 heteroatoms. The maximum atomic E-state index is 13.4. The molecule has 2 rings (SSSR count). The van der Waals surface area contributed by atoms with Crippen molar-refractivity contribution in [2.24, 2.45) is 17.6 Å². The Kier molecular flexibility index (Phi) is 5.35. The molecule has 0 aromatic heterocycles. The summed E-state index contributed by atoms with van der Waals surface area (Å²) in [4.78, 5) is 12.2. The summed E-state index contributed by atoms with van der Waals surface area (Å²) in [5.41, 5.74) is 6.13. The fourth-order valence-corrected chi connectivity index (χ4v) is 2.80. The van der Waals surface area contributed by atoms with Gasteiger partial charge in [-0.05, 0) is 42.9 Å². The summed E-state index contributed by atoms with van der Waals surface area (Å²) in [6.07, 6.45) is 3.50. The normalized spacial score (nSPS) is 20.7. The van der Waals surface area contributed by atoms with Gasteiger partial charge in [-0.15, -0.1) is 0 Å². The Labute approximate surface area is 125 Å². The number of carbonyl (C=O) groups is 1. The molecule has 2 unspecified atom stereocenters. The first-order chi connectivity index (χ1) is 10.1. The van der Waals surface area contributed by atoms with E-state index in [-0.39, 0.29) is 18.0 Å². The molecule has 1 aromatic carbocycles. The number of hydrogen-bond acceptors (Lipinski definition) is 2. The van der Waals surface area contributed by atoms with E-state index in [1.165, 1.54) is 24.6 Å². The summed E-state index contributed by atoms with van der Waals surface area (Å²) in [7, 11) is 0.